The summed E-state index contributed by atoms with van der Waals surface area (Å²) in [6.45, 7) is 15.9. The van der Waals surface area contributed by atoms with Gasteiger partial charge in [0.25, 0.3) is 0 Å². The summed E-state index contributed by atoms with van der Waals surface area (Å²) in [7, 11) is -1.33. The van der Waals surface area contributed by atoms with Crippen LogP contribution in [0.1, 0.15) is 107 Å². The summed E-state index contributed by atoms with van der Waals surface area (Å²) in [5.74, 6) is -5.85. The second kappa shape index (κ2) is 23.3. The Morgan fingerprint density at radius 2 is 1.18 bits per heavy atom. The first-order valence-corrected chi connectivity index (χ1v) is 22.1. The molecule has 2 saturated heterocycles. The van der Waals surface area contributed by atoms with Crippen molar-refractivity contribution in [1.82, 2.24) is 42.1 Å². The Morgan fingerprint density at radius 3 is 1.70 bits per heavy atom. The third-order valence-corrected chi connectivity index (χ3v) is 11.4. The molecule has 2 unspecified atom stereocenters. The van der Waals surface area contributed by atoms with Gasteiger partial charge in [-0.2, -0.15) is 0 Å². The van der Waals surface area contributed by atoms with Gasteiger partial charge < -0.3 is 42.1 Å². The van der Waals surface area contributed by atoms with Crippen molar-refractivity contribution in [2.75, 3.05) is 25.1 Å². The maximum Gasteiger partial charge on any atom is 0.245 e. The minimum atomic E-state index is -1.33. The average Bonchev–Trinajstić information content (AvgIpc) is 3.64. The second-order valence-electron chi connectivity index (χ2n) is 16.4. The standard InChI is InChI=1S/C39H68N8O9S/c1-11-23(7)31-37(53)43-26(15-17-57(10)56)34(50)40-20-30(48)42-28(19-22(5)6)39(55)47-16-13-14-29(47)36(52)46-32(24(8)12-2)38(54)44-27(18-21(3)4)35(51)41-25(9)33(49)45-31/h21-29,31-32H,11-20H2,1-10H3,(H,40,50)(H,41,51)(H,42,48)(H,43,53)(H,44,54)(H,45,49)(H,46,52)/t23?,24-,25-,26-,27-,28-,29-,31-,32-,57?/m0/s1. The van der Waals surface area contributed by atoms with Crippen LogP contribution in [0.5, 0.6) is 0 Å². The molecule has 57 heavy (non-hydrogen) atoms. The molecule has 2 aliphatic heterocycles. The number of carbonyl (C=O) groups excluding carboxylic acids is 8. The molecule has 0 aromatic rings. The number of amides is 8. The number of rotatable bonds is 11. The summed E-state index contributed by atoms with van der Waals surface area (Å²) in [5.41, 5.74) is 0. The van der Waals surface area contributed by atoms with Gasteiger partial charge in [0.05, 0.1) is 6.54 Å². The lowest BCUT2D eigenvalue weighted by Crippen LogP contribution is -2.61. The van der Waals surface area contributed by atoms with E-state index in [9.17, 15) is 42.6 Å². The van der Waals surface area contributed by atoms with Crippen LogP contribution in [-0.4, -0.2) is 124 Å². The Hall–Kier alpha value is -4.09. The minimum Gasteiger partial charge on any atom is -0.345 e. The van der Waals surface area contributed by atoms with Gasteiger partial charge >= 0.3 is 0 Å². The summed E-state index contributed by atoms with van der Waals surface area (Å²) in [6, 6.07) is -7.60. The zero-order chi connectivity index (χ0) is 43.1. The van der Waals surface area contributed by atoms with Crippen LogP contribution in [0.25, 0.3) is 0 Å². The van der Waals surface area contributed by atoms with Crippen molar-refractivity contribution in [1.29, 1.82) is 0 Å². The van der Waals surface area contributed by atoms with E-state index in [-0.39, 0.29) is 49.3 Å². The van der Waals surface area contributed by atoms with Crippen molar-refractivity contribution in [3.63, 3.8) is 0 Å². The molecule has 2 fully saturated rings. The van der Waals surface area contributed by atoms with Gasteiger partial charge in [-0.3, -0.25) is 42.6 Å². The van der Waals surface area contributed by atoms with Crippen LogP contribution < -0.4 is 37.2 Å². The maximum atomic E-state index is 14.1. The van der Waals surface area contributed by atoms with E-state index in [1.54, 1.807) is 13.8 Å². The zero-order valence-electron chi connectivity index (χ0n) is 35.5. The first kappa shape index (κ1) is 49.1. The minimum absolute atomic E-state index is 0.0380. The fraction of sp³-hybridized carbons (Fsp3) is 0.795. The molecule has 2 heterocycles. The van der Waals surface area contributed by atoms with E-state index in [0.29, 0.717) is 25.7 Å². The highest BCUT2D eigenvalue weighted by Crippen LogP contribution is 2.22. The van der Waals surface area contributed by atoms with Gasteiger partial charge in [0, 0.05) is 29.4 Å². The molecule has 0 spiro atoms. The molecule has 0 bridgehead atoms. The molecule has 2 rings (SSSR count). The van der Waals surface area contributed by atoms with Crippen LogP contribution in [-0.2, 0) is 49.2 Å². The Bertz CT molecular complexity index is 1480. The van der Waals surface area contributed by atoms with Crippen LogP contribution in [0.3, 0.4) is 0 Å². The van der Waals surface area contributed by atoms with Crippen LogP contribution in [0.2, 0.25) is 0 Å². The van der Waals surface area contributed by atoms with Crippen LogP contribution in [0.4, 0.5) is 0 Å². The van der Waals surface area contributed by atoms with Crippen molar-refractivity contribution < 1.29 is 42.6 Å². The smallest absolute Gasteiger partial charge is 0.245 e. The number of nitrogens with one attached hydrogen (secondary N) is 7. The Kier molecular flexibility index (Phi) is 20.1. The Balaban J connectivity index is 2.61. The van der Waals surface area contributed by atoms with Crippen molar-refractivity contribution in [3.05, 3.63) is 0 Å². The third-order valence-electron chi connectivity index (χ3n) is 10.6. The Morgan fingerprint density at radius 1 is 0.649 bits per heavy atom. The molecule has 0 aromatic carbocycles. The van der Waals surface area contributed by atoms with E-state index < -0.39 is 113 Å². The van der Waals surface area contributed by atoms with E-state index in [1.807, 2.05) is 41.5 Å². The molecule has 0 aromatic heterocycles. The summed E-state index contributed by atoms with van der Waals surface area (Å²) in [5, 5.41) is 18.9. The highest BCUT2D eigenvalue weighted by atomic mass is 32.2. The fourth-order valence-corrected chi connectivity index (χ4v) is 7.39. The number of nitrogens with zero attached hydrogens (tertiary/aromatic N) is 1. The predicted molar refractivity (Wildman–Crippen MR) is 216 cm³/mol. The lowest BCUT2D eigenvalue weighted by Gasteiger charge is -2.32. The van der Waals surface area contributed by atoms with E-state index >= 15 is 0 Å². The monoisotopic (exact) mass is 824 g/mol. The summed E-state index contributed by atoms with van der Waals surface area (Å²) < 4.78 is 12.0. The van der Waals surface area contributed by atoms with E-state index in [0.717, 1.165) is 0 Å². The van der Waals surface area contributed by atoms with Gasteiger partial charge in [0.1, 0.15) is 42.3 Å². The molecule has 10 atom stereocenters. The molecule has 7 N–H and O–H groups in total. The van der Waals surface area contributed by atoms with Crippen LogP contribution >= 0.6 is 0 Å². The number of hydrogen-bond acceptors (Lipinski definition) is 9. The zero-order valence-corrected chi connectivity index (χ0v) is 36.3. The molecular formula is C39H68N8O9S. The molecule has 0 saturated carbocycles. The van der Waals surface area contributed by atoms with Crippen LogP contribution in [0.15, 0.2) is 0 Å². The molecular weight excluding hydrogens is 757 g/mol. The van der Waals surface area contributed by atoms with Gasteiger partial charge in [-0.05, 0) is 62.7 Å². The predicted octanol–water partition coefficient (Wildman–Crippen LogP) is -0.0111. The van der Waals surface area contributed by atoms with E-state index in [2.05, 4.69) is 37.2 Å². The second-order valence-corrected chi connectivity index (χ2v) is 18.0. The summed E-state index contributed by atoms with van der Waals surface area (Å²) in [4.78, 5) is 111. The number of hydrogen-bond donors (Lipinski definition) is 7. The first-order valence-electron chi connectivity index (χ1n) is 20.4. The SMILES string of the molecule is CCC(C)[C@@H]1NC(=O)[C@H](C)NC(=O)[C@H](CC(C)C)NC(=O)[C@H]([C@@H](C)CC)NC(=O)[C@@H]2CCCN2C(=O)[C@H](CC(C)C)NC(=O)CNC(=O)[C@H](CCS(C)=O)NC1=O. The highest BCUT2D eigenvalue weighted by molar-refractivity contribution is 7.84. The molecule has 2 aliphatic rings. The highest BCUT2D eigenvalue weighted by Gasteiger charge is 2.40. The molecule has 0 aliphatic carbocycles. The first-order chi connectivity index (χ1) is 26.7. The van der Waals surface area contributed by atoms with Crippen molar-refractivity contribution in [3.8, 4) is 0 Å². The third kappa shape index (κ3) is 15.3. The normalized spacial score (nSPS) is 28.5. The maximum absolute atomic E-state index is 14.1. The van der Waals surface area contributed by atoms with E-state index in [4.69, 9.17) is 0 Å². The quantitative estimate of drug-likeness (QED) is 0.148. The van der Waals surface area contributed by atoms with Crippen LogP contribution in [0, 0.1) is 23.7 Å². The number of carbonyl (C=O) groups is 8. The molecule has 18 heteroatoms. The average molecular weight is 825 g/mol. The van der Waals surface area contributed by atoms with E-state index in [1.165, 1.54) is 18.1 Å². The van der Waals surface area contributed by atoms with Crippen molar-refractivity contribution in [2.24, 2.45) is 23.7 Å². The topological polar surface area (TPSA) is 241 Å². The molecule has 0 radical (unpaired) electrons. The largest absolute Gasteiger partial charge is 0.345 e. The molecule has 17 nitrogen and oxygen atoms in total. The number of fused-ring (bicyclic) bond motifs is 1. The van der Waals surface area contributed by atoms with Gasteiger partial charge in [0.15, 0.2) is 0 Å². The van der Waals surface area contributed by atoms with Gasteiger partial charge in [-0.25, -0.2) is 0 Å². The van der Waals surface area contributed by atoms with Crippen molar-refractivity contribution in [2.45, 2.75) is 150 Å². The fourth-order valence-electron chi connectivity index (χ4n) is 6.82. The Labute approximate surface area is 340 Å². The summed E-state index contributed by atoms with van der Waals surface area (Å²) >= 11 is 0. The molecule has 8 amide bonds. The summed E-state index contributed by atoms with van der Waals surface area (Å²) in [6.07, 6.45) is 3.67. The lowest BCUT2D eigenvalue weighted by molar-refractivity contribution is -0.143. The van der Waals surface area contributed by atoms with Gasteiger partial charge in [0.2, 0.25) is 47.3 Å². The van der Waals surface area contributed by atoms with Crippen molar-refractivity contribution >= 4 is 58.1 Å². The van der Waals surface area contributed by atoms with Gasteiger partial charge in [-0.15, -0.1) is 0 Å². The van der Waals surface area contributed by atoms with Gasteiger partial charge in [-0.1, -0.05) is 68.2 Å². The molecule has 324 valence electrons. The lowest BCUT2D eigenvalue weighted by atomic mass is 9.96.